The Balaban J connectivity index is 0.000000186. The highest BCUT2D eigenvalue weighted by atomic mass is 32.2. The zero-order valence-electron chi connectivity index (χ0n) is 26.3. The van der Waals surface area contributed by atoms with Crippen molar-refractivity contribution in [1.82, 2.24) is 0 Å². The number of anilines is 2. The second-order valence-corrected chi connectivity index (χ2v) is 14.2. The third-order valence-corrected chi connectivity index (χ3v) is 9.00. The van der Waals surface area contributed by atoms with Crippen LogP contribution in [0.4, 0.5) is 11.4 Å². The Labute approximate surface area is 261 Å². The molecule has 0 fully saturated rings. The minimum absolute atomic E-state index is 0.0146. The van der Waals surface area contributed by atoms with E-state index in [0.29, 0.717) is 0 Å². The first-order valence-electron chi connectivity index (χ1n) is 14.6. The van der Waals surface area contributed by atoms with E-state index in [-0.39, 0.29) is 21.7 Å². The lowest BCUT2D eigenvalue weighted by molar-refractivity contribution is 0.590. The number of nitrogen functional groups attached to an aromatic ring is 2. The molecular formula is C38H47N4S+. The van der Waals surface area contributed by atoms with E-state index in [1.165, 1.54) is 25.8 Å². The van der Waals surface area contributed by atoms with Crippen LogP contribution in [0.2, 0.25) is 0 Å². The van der Waals surface area contributed by atoms with Gasteiger partial charge in [0.1, 0.15) is 0 Å². The third-order valence-electron chi connectivity index (χ3n) is 6.77. The number of nitrogens with two attached hydrogens (primary N) is 2. The van der Waals surface area contributed by atoms with E-state index in [1.54, 1.807) is 0 Å². The molecule has 0 radical (unpaired) electrons. The summed E-state index contributed by atoms with van der Waals surface area (Å²) in [6, 6.07) is 48.5. The van der Waals surface area contributed by atoms with Gasteiger partial charge in [-0.15, -0.1) is 0 Å². The summed E-state index contributed by atoms with van der Waals surface area (Å²) in [5.41, 5.74) is 10.2. The molecule has 0 atom stereocenters. The lowest BCUT2D eigenvalue weighted by Gasteiger charge is -2.18. The zero-order chi connectivity index (χ0) is 31.3. The minimum atomic E-state index is -0.0146. The first-order valence-corrected chi connectivity index (χ1v) is 15.8. The van der Waals surface area contributed by atoms with Gasteiger partial charge in [-0.2, -0.15) is 0 Å². The molecule has 224 valence electrons. The SMILES string of the molecule is CC(C)(C)c1ccc(NN)cc1.CC(C)(C)c1ccc(NN)cc1.c1ccc([S+](c2ccccc2)c2ccccc2)cc1. The van der Waals surface area contributed by atoms with Gasteiger partial charge in [-0.25, -0.2) is 0 Å². The van der Waals surface area contributed by atoms with Crippen molar-refractivity contribution in [2.45, 2.75) is 67.1 Å². The van der Waals surface area contributed by atoms with Crippen LogP contribution in [0.25, 0.3) is 0 Å². The fraction of sp³-hybridized carbons (Fsp3) is 0.211. The molecule has 5 aromatic rings. The van der Waals surface area contributed by atoms with Crippen LogP contribution in [-0.2, 0) is 21.7 Å². The maximum absolute atomic E-state index is 5.26. The third kappa shape index (κ3) is 10.6. The summed E-state index contributed by atoms with van der Waals surface area (Å²) in [4.78, 5) is 4.08. The van der Waals surface area contributed by atoms with E-state index in [9.17, 15) is 0 Å². The smallest absolute Gasteiger partial charge is 0.166 e. The normalized spacial score (nSPS) is 11.0. The molecule has 5 heteroatoms. The summed E-state index contributed by atoms with van der Waals surface area (Å²) in [7, 11) is -0.0146. The summed E-state index contributed by atoms with van der Waals surface area (Å²) in [6.45, 7) is 13.2. The van der Waals surface area contributed by atoms with Gasteiger partial charge in [-0.1, -0.05) is 120 Å². The fourth-order valence-corrected chi connectivity index (χ4v) is 6.32. The first-order chi connectivity index (χ1) is 20.5. The molecule has 0 aliphatic rings. The average Bonchev–Trinajstić information content (AvgIpc) is 3.03. The monoisotopic (exact) mass is 591 g/mol. The number of nitrogens with one attached hydrogen (secondary N) is 2. The molecule has 0 saturated carbocycles. The minimum Gasteiger partial charge on any atom is -0.324 e. The summed E-state index contributed by atoms with van der Waals surface area (Å²) >= 11 is 0. The second-order valence-electron chi connectivity index (χ2n) is 12.2. The summed E-state index contributed by atoms with van der Waals surface area (Å²) in [5, 5.41) is 0. The molecule has 0 aliphatic heterocycles. The van der Waals surface area contributed by atoms with Crippen molar-refractivity contribution in [2.24, 2.45) is 11.7 Å². The molecule has 43 heavy (non-hydrogen) atoms. The highest BCUT2D eigenvalue weighted by molar-refractivity contribution is 7.97. The maximum atomic E-state index is 5.26. The van der Waals surface area contributed by atoms with Gasteiger partial charge in [0.05, 0.1) is 10.9 Å². The molecule has 0 aromatic heterocycles. The van der Waals surface area contributed by atoms with Crippen LogP contribution in [0.15, 0.2) is 154 Å². The van der Waals surface area contributed by atoms with Crippen molar-refractivity contribution < 1.29 is 0 Å². The predicted octanol–water partition coefficient (Wildman–Crippen LogP) is 9.32. The molecule has 0 amide bonds. The van der Waals surface area contributed by atoms with Crippen molar-refractivity contribution in [1.29, 1.82) is 0 Å². The summed E-state index contributed by atoms with van der Waals surface area (Å²) < 4.78 is 0. The predicted molar refractivity (Wildman–Crippen MR) is 187 cm³/mol. The van der Waals surface area contributed by atoms with Crippen LogP contribution in [0.3, 0.4) is 0 Å². The number of rotatable bonds is 5. The van der Waals surface area contributed by atoms with Gasteiger partial charge in [-0.3, -0.25) is 11.7 Å². The lowest BCUT2D eigenvalue weighted by Crippen LogP contribution is -2.11. The van der Waals surface area contributed by atoms with E-state index in [1.807, 2.05) is 24.3 Å². The van der Waals surface area contributed by atoms with E-state index in [2.05, 4.69) is 168 Å². The van der Waals surface area contributed by atoms with Gasteiger partial charge in [-0.05, 0) is 82.6 Å². The topological polar surface area (TPSA) is 76.1 Å². The van der Waals surface area contributed by atoms with Gasteiger partial charge in [0, 0.05) is 11.4 Å². The molecule has 0 aliphatic carbocycles. The van der Waals surface area contributed by atoms with Crippen LogP contribution in [0, 0.1) is 0 Å². The fourth-order valence-electron chi connectivity index (χ4n) is 4.21. The standard InChI is InChI=1S/C18H15S.2C10H16N2/c1-4-10-16(11-5-1)19(17-12-6-2-7-13-17)18-14-8-3-9-15-18;2*1-10(2,3)8-4-6-9(12-11)7-5-8/h1-15H;2*4-7,12H,11H2,1-3H3/q+1;;. The second kappa shape index (κ2) is 16.0. The molecule has 0 unspecified atom stereocenters. The van der Waals surface area contributed by atoms with Crippen molar-refractivity contribution in [3.63, 3.8) is 0 Å². The molecule has 5 aromatic carbocycles. The highest BCUT2D eigenvalue weighted by Gasteiger charge is 2.27. The van der Waals surface area contributed by atoms with Crippen LogP contribution >= 0.6 is 0 Å². The van der Waals surface area contributed by atoms with Crippen molar-refractivity contribution >= 4 is 22.3 Å². The van der Waals surface area contributed by atoms with Crippen molar-refractivity contribution in [3.8, 4) is 0 Å². The van der Waals surface area contributed by atoms with Crippen molar-refractivity contribution in [3.05, 3.63) is 151 Å². The van der Waals surface area contributed by atoms with E-state index < -0.39 is 0 Å². The molecule has 4 nitrogen and oxygen atoms in total. The van der Waals surface area contributed by atoms with Crippen LogP contribution in [-0.4, -0.2) is 0 Å². The number of benzene rings is 5. The van der Waals surface area contributed by atoms with Gasteiger partial charge in [0.15, 0.2) is 14.7 Å². The lowest BCUT2D eigenvalue weighted by atomic mass is 9.87. The van der Waals surface area contributed by atoms with Crippen LogP contribution in [0.5, 0.6) is 0 Å². The average molecular weight is 592 g/mol. The molecular weight excluding hydrogens is 545 g/mol. The van der Waals surface area contributed by atoms with E-state index >= 15 is 0 Å². The largest absolute Gasteiger partial charge is 0.324 e. The van der Waals surface area contributed by atoms with Crippen molar-refractivity contribution in [2.75, 3.05) is 10.9 Å². The Bertz CT molecular complexity index is 1310. The van der Waals surface area contributed by atoms with Crippen LogP contribution < -0.4 is 22.5 Å². The molecule has 6 N–H and O–H groups in total. The van der Waals surface area contributed by atoms with Gasteiger partial charge < -0.3 is 10.9 Å². The Hall–Kier alpha value is -4.03. The van der Waals surface area contributed by atoms with Gasteiger partial charge in [0.25, 0.3) is 0 Å². The Kier molecular flexibility index (Phi) is 12.4. The molecule has 0 heterocycles. The molecule has 5 rings (SSSR count). The maximum Gasteiger partial charge on any atom is 0.166 e. The van der Waals surface area contributed by atoms with Gasteiger partial charge in [0.2, 0.25) is 0 Å². The molecule has 0 saturated heterocycles. The summed E-state index contributed by atoms with van der Waals surface area (Å²) in [5.74, 6) is 10.5. The Morgan fingerprint density at radius 3 is 0.860 bits per heavy atom. The van der Waals surface area contributed by atoms with Gasteiger partial charge >= 0.3 is 0 Å². The van der Waals surface area contributed by atoms with E-state index in [0.717, 1.165) is 11.4 Å². The number of hydrogen-bond donors (Lipinski definition) is 4. The molecule has 0 bridgehead atoms. The number of hydrazine groups is 2. The highest BCUT2D eigenvalue weighted by Crippen LogP contribution is 2.30. The Morgan fingerprint density at radius 1 is 0.395 bits per heavy atom. The number of hydrogen-bond acceptors (Lipinski definition) is 4. The molecule has 0 spiro atoms. The zero-order valence-corrected chi connectivity index (χ0v) is 27.2. The quantitative estimate of drug-likeness (QED) is 0.0933. The van der Waals surface area contributed by atoms with Crippen LogP contribution in [0.1, 0.15) is 52.7 Å². The Morgan fingerprint density at radius 2 is 0.651 bits per heavy atom. The van der Waals surface area contributed by atoms with E-state index in [4.69, 9.17) is 11.7 Å². The summed E-state index contributed by atoms with van der Waals surface area (Å²) in [6.07, 6.45) is 0. The first kappa shape index (κ1) is 33.5.